The lowest BCUT2D eigenvalue weighted by atomic mass is 9.65. The third-order valence-corrected chi connectivity index (χ3v) is 9.13. The zero-order valence-electron chi connectivity index (χ0n) is 22.0. The van der Waals surface area contributed by atoms with Crippen LogP contribution in [0.1, 0.15) is 50.6 Å². The second-order valence-electron chi connectivity index (χ2n) is 12.2. The van der Waals surface area contributed by atoms with E-state index in [-0.39, 0.29) is 48.3 Å². The average molecular weight is 522 g/mol. The summed E-state index contributed by atoms with van der Waals surface area (Å²) in [7, 11) is 0. The molecule has 38 heavy (non-hydrogen) atoms. The molecule has 2 saturated heterocycles. The Kier molecular flexibility index (Phi) is 6.36. The summed E-state index contributed by atoms with van der Waals surface area (Å²) in [5.41, 5.74) is 3.88. The van der Waals surface area contributed by atoms with Gasteiger partial charge in [-0.25, -0.2) is 0 Å². The molecule has 3 heterocycles. The molecule has 2 aliphatic carbocycles. The number of nitrogens with zero attached hydrogens (tertiary/aromatic N) is 2. The van der Waals surface area contributed by atoms with Crippen LogP contribution in [-0.2, 0) is 14.4 Å². The maximum atomic E-state index is 14.5. The number of likely N-dealkylation sites (tertiary alicyclic amines) is 1. The van der Waals surface area contributed by atoms with E-state index in [0.717, 1.165) is 6.42 Å². The number of hydrogen-bond donors (Lipinski definition) is 3. The van der Waals surface area contributed by atoms with Crippen LogP contribution in [0.25, 0.3) is 0 Å². The van der Waals surface area contributed by atoms with E-state index in [2.05, 4.69) is 28.9 Å². The lowest BCUT2D eigenvalue weighted by Gasteiger charge is -2.46. The maximum absolute atomic E-state index is 14.5. The number of nitrogens with two attached hydrogens (primary N) is 1. The SMILES string of the molecule is CC(C)(C)[C@H](NC(=O)c1ccco1)C(=O)N1CC2C3C=CC(C3)C2C1(C(N)=O)[C@@H](C#N)C[C@H]1CCNC1=O. The predicted molar refractivity (Wildman–Crippen MR) is 136 cm³/mol. The van der Waals surface area contributed by atoms with Crippen LogP contribution in [0.15, 0.2) is 35.0 Å². The van der Waals surface area contributed by atoms with Crippen molar-refractivity contribution >= 4 is 23.6 Å². The minimum Gasteiger partial charge on any atom is -0.459 e. The van der Waals surface area contributed by atoms with Crippen LogP contribution in [-0.4, -0.2) is 53.2 Å². The molecule has 4 amide bonds. The van der Waals surface area contributed by atoms with Crippen LogP contribution < -0.4 is 16.4 Å². The van der Waals surface area contributed by atoms with Crippen molar-refractivity contribution in [2.24, 2.45) is 46.7 Å². The molecule has 1 aromatic rings. The number of fused-ring (bicyclic) bond motifs is 5. The number of hydrogen-bond acceptors (Lipinski definition) is 6. The fraction of sp³-hybridized carbons (Fsp3) is 0.607. The summed E-state index contributed by atoms with van der Waals surface area (Å²) in [5.74, 6) is -3.38. The second-order valence-corrected chi connectivity index (χ2v) is 12.2. The highest BCUT2D eigenvalue weighted by Gasteiger charge is 2.69. The van der Waals surface area contributed by atoms with Gasteiger partial charge in [-0.15, -0.1) is 0 Å². The maximum Gasteiger partial charge on any atom is 0.287 e. The van der Waals surface area contributed by atoms with Crippen LogP contribution in [0.2, 0.25) is 0 Å². The lowest BCUT2D eigenvalue weighted by Crippen LogP contribution is -2.68. The summed E-state index contributed by atoms with van der Waals surface area (Å²) in [6.07, 6.45) is 7.14. The van der Waals surface area contributed by atoms with Gasteiger partial charge in [0.15, 0.2) is 5.76 Å². The van der Waals surface area contributed by atoms with E-state index in [1.54, 1.807) is 6.07 Å². The van der Waals surface area contributed by atoms with E-state index < -0.39 is 46.6 Å². The minimum atomic E-state index is -1.59. The molecule has 4 N–H and O–H groups in total. The first-order chi connectivity index (χ1) is 18.0. The van der Waals surface area contributed by atoms with E-state index in [9.17, 15) is 24.4 Å². The van der Waals surface area contributed by atoms with Crippen molar-refractivity contribution < 1.29 is 23.6 Å². The van der Waals surface area contributed by atoms with Crippen molar-refractivity contribution in [1.29, 1.82) is 5.26 Å². The Hall–Kier alpha value is -3.61. The van der Waals surface area contributed by atoms with Gasteiger partial charge in [0.25, 0.3) is 5.91 Å². The van der Waals surface area contributed by atoms with Crippen molar-refractivity contribution in [1.82, 2.24) is 15.5 Å². The van der Waals surface area contributed by atoms with Crippen LogP contribution in [0, 0.1) is 52.3 Å². The largest absolute Gasteiger partial charge is 0.459 e. The average Bonchev–Trinajstić information content (AvgIpc) is 3.67. The molecule has 0 spiro atoms. The Bertz CT molecular complexity index is 1210. The van der Waals surface area contributed by atoms with Crippen molar-refractivity contribution in [2.45, 2.75) is 51.6 Å². The van der Waals surface area contributed by atoms with Gasteiger partial charge in [0, 0.05) is 24.9 Å². The summed E-state index contributed by atoms with van der Waals surface area (Å²) in [4.78, 5) is 55.1. The molecule has 0 aromatic carbocycles. The number of allylic oxidation sites excluding steroid dienone is 2. The normalized spacial score (nSPS) is 32.9. The van der Waals surface area contributed by atoms with Crippen LogP contribution in [0.5, 0.6) is 0 Å². The predicted octanol–water partition coefficient (Wildman–Crippen LogP) is 1.59. The molecule has 1 saturated carbocycles. The molecular formula is C28H35N5O5. The number of carbonyl (C=O) groups is 4. The molecule has 202 valence electrons. The van der Waals surface area contributed by atoms with Gasteiger partial charge < -0.3 is 25.7 Å². The van der Waals surface area contributed by atoms with Gasteiger partial charge in [-0.3, -0.25) is 19.2 Å². The molecule has 2 aliphatic heterocycles. The molecule has 3 fully saturated rings. The van der Waals surface area contributed by atoms with Crippen molar-refractivity contribution in [3.05, 3.63) is 36.3 Å². The quantitative estimate of drug-likeness (QED) is 0.462. The number of carbonyl (C=O) groups excluding carboxylic acids is 4. The zero-order chi connectivity index (χ0) is 27.4. The van der Waals surface area contributed by atoms with Gasteiger partial charge in [0.2, 0.25) is 17.7 Å². The molecule has 10 nitrogen and oxygen atoms in total. The minimum absolute atomic E-state index is 0.00866. The Balaban J connectivity index is 1.57. The summed E-state index contributed by atoms with van der Waals surface area (Å²) in [6, 6.07) is 4.39. The number of amides is 4. The van der Waals surface area contributed by atoms with E-state index >= 15 is 0 Å². The summed E-state index contributed by atoms with van der Waals surface area (Å²) in [5, 5.41) is 16.1. The number of nitrogens with one attached hydrogen (secondary N) is 2. The molecule has 5 rings (SSSR count). The standard InChI is InChI=1S/C28H35N5O5/c1-27(2,3)22(32-24(35)20-5-4-10-38-20)25(36)33-14-19-15-6-7-16(11-15)21(19)28(33,26(30)37)18(13-29)12-17-8-9-31-23(17)34/h4-7,10,15-19,21-22H,8-9,11-12,14H2,1-3H3,(H2,30,37)(H,31,34)(H,32,35)/t15?,16?,17-,18-,19?,21?,22-,28?/m1/s1. The van der Waals surface area contributed by atoms with E-state index in [1.165, 1.54) is 17.2 Å². The molecule has 1 aromatic heterocycles. The third-order valence-electron chi connectivity index (χ3n) is 9.13. The first kappa shape index (κ1) is 26.0. The molecule has 0 radical (unpaired) electrons. The van der Waals surface area contributed by atoms with Crippen molar-refractivity contribution in [3.63, 3.8) is 0 Å². The topological polar surface area (TPSA) is 159 Å². The first-order valence-electron chi connectivity index (χ1n) is 13.3. The second kappa shape index (κ2) is 9.29. The molecular weight excluding hydrogens is 486 g/mol. The number of primary amides is 1. The monoisotopic (exact) mass is 521 g/mol. The molecule has 2 bridgehead atoms. The van der Waals surface area contributed by atoms with Gasteiger partial charge in [-0.2, -0.15) is 5.26 Å². The Morgan fingerprint density at radius 3 is 2.63 bits per heavy atom. The third kappa shape index (κ3) is 3.91. The van der Waals surface area contributed by atoms with Crippen molar-refractivity contribution in [3.8, 4) is 6.07 Å². The van der Waals surface area contributed by atoms with Crippen LogP contribution in [0.3, 0.4) is 0 Å². The smallest absolute Gasteiger partial charge is 0.287 e. The van der Waals surface area contributed by atoms with Crippen LogP contribution in [0.4, 0.5) is 0 Å². The van der Waals surface area contributed by atoms with E-state index in [0.29, 0.717) is 13.0 Å². The van der Waals surface area contributed by atoms with Gasteiger partial charge >= 0.3 is 0 Å². The highest BCUT2D eigenvalue weighted by atomic mass is 16.3. The Morgan fingerprint density at radius 2 is 2.05 bits per heavy atom. The van der Waals surface area contributed by atoms with Gasteiger partial charge in [0.1, 0.15) is 11.6 Å². The highest BCUT2D eigenvalue weighted by molar-refractivity contribution is 5.99. The highest BCUT2D eigenvalue weighted by Crippen LogP contribution is 2.60. The number of rotatable bonds is 7. The van der Waals surface area contributed by atoms with Crippen LogP contribution >= 0.6 is 0 Å². The zero-order valence-corrected chi connectivity index (χ0v) is 22.0. The summed E-state index contributed by atoms with van der Waals surface area (Å²) < 4.78 is 5.23. The fourth-order valence-corrected chi connectivity index (χ4v) is 7.43. The van der Waals surface area contributed by atoms with E-state index in [1.807, 2.05) is 20.8 Å². The first-order valence-corrected chi connectivity index (χ1v) is 13.3. The number of furan rings is 1. The van der Waals surface area contributed by atoms with E-state index in [4.69, 9.17) is 10.2 Å². The molecule has 4 aliphatic rings. The summed E-state index contributed by atoms with van der Waals surface area (Å²) >= 11 is 0. The molecule has 8 atom stereocenters. The summed E-state index contributed by atoms with van der Waals surface area (Å²) in [6.45, 7) is 6.26. The Labute approximate surface area is 222 Å². The fourth-order valence-electron chi connectivity index (χ4n) is 7.43. The molecule has 5 unspecified atom stereocenters. The van der Waals surface area contributed by atoms with Gasteiger partial charge in [0.05, 0.1) is 18.3 Å². The number of nitriles is 1. The van der Waals surface area contributed by atoms with Crippen molar-refractivity contribution in [2.75, 3.05) is 13.1 Å². The lowest BCUT2D eigenvalue weighted by molar-refractivity contribution is -0.152. The Morgan fingerprint density at radius 1 is 1.32 bits per heavy atom. The van der Waals surface area contributed by atoms with Gasteiger partial charge in [-0.1, -0.05) is 32.9 Å². The molecule has 10 heteroatoms. The van der Waals surface area contributed by atoms with Gasteiger partial charge in [-0.05, 0) is 54.6 Å².